The molecule has 0 saturated heterocycles. The molecule has 1 aromatic rings. The van der Waals surface area contributed by atoms with Crippen LogP contribution in [0.5, 0.6) is 0 Å². The Hall–Kier alpha value is -0.410. The summed E-state index contributed by atoms with van der Waals surface area (Å²) < 4.78 is 13.7. The molecular formula is C16H25BrFN. The first-order chi connectivity index (χ1) is 9.08. The van der Waals surface area contributed by atoms with Crippen LogP contribution in [0.25, 0.3) is 0 Å². The third kappa shape index (κ3) is 5.62. The Bertz CT molecular complexity index is 381. The predicted molar refractivity (Wildman–Crippen MR) is 83.8 cm³/mol. The molecule has 0 fully saturated rings. The van der Waals surface area contributed by atoms with E-state index in [1.54, 1.807) is 0 Å². The van der Waals surface area contributed by atoms with E-state index in [9.17, 15) is 4.39 Å². The molecule has 1 rings (SSSR count). The summed E-state index contributed by atoms with van der Waals surface area (Å²) in [5.74, 6) is 0.539. The van der Waals surface area contributed by atoms with Crippen LogP contribution in [0.2, 0.25) is 0 Å². The molecule has 3 heteroatoms. The van der Waals surface area contributed by atoms with Crippen LogP contribution in [-0.2, 0) is 0 Å². The lowest BCUT2D eigenvalue weighted by atomic mass is 9.98. The lowest BCUT2D eigenvalue weighted by Gasteiger charge is -2.20. The maximum atomic E-state index is 13.2. The molecule has 108 valence electrons. The van der Waals surface area contributed by atoms with Crippen LogP contribution in [0.3, 0.4) is 0 Å². The minimum atomic E-state index is -0.203. The second kappa shape index (κ2) is 8.70. The van der Waals surface area contributed by atoms with Crippen molar-refractivity contribution in [2.24, 2.45) is 5.92 Å². The third-order valence-electron chi connectivity index (χ3n) is 3.70. The van der Waals surface area contributed by atoms with E-state index >= 15 is 0 Å². The molecule has 1 N–H and O–H groups in total. The Morgan fingerprint density at radius 2 is 2.05 bits per heavy atom. The molecule has 0 spiro atoms. The van der Waals surface area contributed by atoms with Gasteiger partial charge in [0, 0.05) is 6.04 Å². The van der Waals surface area contributed by atoms with Crippen molar-refractivity contribution < 1.29 is 4.39 Å². The van der Waals surface area contributed by atoms with Gasteiger partial charge in [0.15, 0.2) is 0 Å². The summed E-state index contributed by atoms with van der Waals surface area (Å²) in [7, 11) is 0. The molecule has 19 heavy (non-hydrogen) atoms. The van der Waals surface area contributed by atoms with Crippen LogP contribution in [-0.4, -0.2) is 6.54 Å². The van der Waals surface area contributed by atoms with E-state index in [1.807, 2.05) is 12.1 Å². The van der Waals surface area contributed by atoms with E-state index in [0.717, 1.165) is 18.0 Å². The minimum Gasteiger partial charge on any atom is -0.310 e. The van der Waals surface area contributed by atoms with E-state index in [1.165, 1.54) is 31.7 Å². The Balaban J connectivity index is 2.49. The van der Waals surface area contributed by atoms with Crippen LogP contribution in [0.1, 0.15) is 58.1 Å². The van der Waals surface area contributed by atoms with Gasteiger partial charge in [0.1, 0.15) is 5.82 Å². The van der Waals surface area contributed by atoms with Crippen molar-refractivity contribution in [1.82, 2.24) is 5.32 Å². The van der Waals surface area contributed by atoms with Crippen molar-refractivity contribution in [1.29, 1.82) is 0 Å². The minimum absolute atomic E-state index is 0.203. The van der Waals surface area contributed by atoms with Gasteiger partial charge in [-0.3, -0.25) is 0 Å². The summed E-state index contributed by atoms with van der Waals surface area (Å²) in [6, 6.07) is 5.49. The quantitative estimate of drug-likeness (QED) is 0.668. The number of unbranched alkanes of at least 4 members (excludes halogenated alkanes) is 1. The number of benzene rings is 1. The molecule has 0 aliphatic rings. The van der Waals surface area contributed by atoms with E-state index in [4.69, 9.17) is 0 Å². The fourth-order valence-corrected chi connectivity index (χ4v) is 2.58. The lowest BCUT2D eigenvalue weighted by molar-refractivity contribution is 0.398. The largest absolute Gasteiger partial charge is 0.310 e. The second-order valence-corrected chi connectivity index (χ2v) is 6.07. The summed E-state index contributed by atoms with van der Waals surface area (Å²) >= 11 is 3.24. The third-order valence-corrected chi connectivity index (χ3v) is 4.31. The van der Waals surface area contributed by atoms with Crippen molar-refractivity contribution in [3.05, 3.63) is 34.1 Å². The molecule has 1 aromatic carbocycles. The average Bonchev–Trinajstić information content (AvgIpc) is 2.41. The molecule has 0 aliphatic heterocycles. The smallest absolute Gasteiger partial charge is 0.137 e. The van der Waals surface area contributed by atoms with Gasteiger partial charge in [0.2, 0.25) is 0 Å². The SMILES string of the molecule is CCCCC(CC)CNC(C)c1ccc(F)c(Br)c1. The standard InChI is InChI=1S/C16H25BrFN/c1-4-6-7-13(5-2)11-19-12(3)14-8-9-16(18)15(17)10-14/h8-10,12-13,19H,4-7,11H2,1-3H3. The zero-order chi connectivity index (χ0) is 14.3. The van der Waals surface area contributed by atoms with E-state index < -0.39 is 0 Å². The molecule has 0 bridgehead atoms. The Kier molecular flexibility index (Phi) is 7.62. The highest BCUT2D eigenvalue weighted by Crippen LogP contribution is 2.22. The number of nitrogens with one attached hydrogen (secondary N) is 1. The molecule has 0 heterocycles. The number of rotatable bonds is 8. The van der Waals surface area contributed by atoms with Crippen LogP contribution < -0.4 is 5.32 Å². The van der Waals surface area contributed by atoms with Crippen molar-refractivity contribution in [3.8, 4) is 0 Å². The van der Waals surface area contributed by atoms with Gasteiger partial charge in [-0.2, -0.15) is 0 Å². The van der Waals surface area contributed by atoms with Gasteiger partial charge in [-0.15, -0.1) is 0 Å². The van der Waals surface area contributed by atoms with E-state index in [0.29, 0.717) is 4.47 Å². The molecule has 2 atom stereocenters. The van der Waals surface area contributed by atoms with E-state index in [2.05, 4.69) is 42.0 Å². The van der Waals surface area contributed by atoms with Crippen LogP contribution in [0, 0.1) is 11.7 Å². The molecule has 0 aliphatic carbocycles. The highest BCUT2D eigenvalue weighted by molar-refractivity contribution is 9.10. The van der Waals surface area contributed by atoms with Crippen LogP contribution in [0.15, 0.2) is 22.7 Å². The maximum absolute atomic E-state index is 13.2. The summed E-state index contributed by atoms with van der Waals surface area (Å²) in [6.07, 6.45) is 5.07. The van der Waals surface area contributed by atoms with Crippen molar-refractivity contribution >= 4 is 15.9 Å². The van der Waals surface area contributed by atoms with Gasteiger partial charge in [-0.1, -0.05) is 39.2 Å². The van der Waals surface area contributed by atoms with Crippen LogP contribution >= 0.6 is 15.9 Å². The van der Waals surface area contributed by atoms with Crippen molar-refractivity contribution in [2.75, 3.05) is 6.54 Å². The van der Waals surface area contributed by atoms with Gasteiger partial charge in [0.05, 0.1) is 4.47 Å². The number of hydrogen-bond donors (Lipinski definition) is 1. The Labute approximate surface area is 125 Å². The molecule has 0 radical (unpaired) electrons. The first-order valence-electron chi connectivity index (χ1n) is 7.26. The molecule has 1 nitrogen and oxygen atoms in total. The van der Waals surface area contributed by atoms with Crippen LogP contribution in [0.4, 0.5) is 4.39 Å². The zero-order valence-electron chi connectivity index (χ0n) is 12.2. The molecule has 2 unspecified atom stereocenters. The summed E-state index contributed by atoms with van der Waals surface area (Å²) in [4.78, 5) is 0. The summed E-state index contributed by atoms with van der Waals surface area (Å²) in [5, 5.41) is 3.56. The van der Waals surface area contributed by atoms with E-state index in [-0.39, 0.29) is 11.9 Å². The normalized spacial score (nSPS) is 14.4. The van der Waals surface area contributed by atoms with Crippen molar-refractivity contribution in [2.45, 2.75) is 52.5 Å². The topological polar surface area (TPSA) is 12.0 Å². The fourth-order valence-electron chi connectivity index (χ4n) is 2.19. The molecular weight excluding hydrogens is 305 g/mol. The first kappa shape index (κ1) is 16.6. The summed E-state index contributed by atoms with van der Waals surface area (Å²) in [5.41, 5.74) is 1.12. The van der Waals surface area contributed by atoms with Gasteiger partial charge >= 0.3 is 0 Å². The molecule has 0 amide bonds. The molecule has 0 aromatic heterocycles. The lowest BCUT2D eigenvalue weighted by Crippen LogP contribution is -2.25. The second-order valence-electron chi connectivity index (χ2n) is 5.22. The van der Waals surface area contributed by atoms with Gasteiger partial charge in [-0.25, -0.2) is 4.39 Å². The number of hydrogen-bond acceptors (Lipinski definition) is 1. The average molecular weight is 330 g/mol. The Morgan fingerprint density at radius 1 is 1.32 bits per heavy atom. The Morgan fingerprint density at radius 3 is 2.63 bits per heavy atom. The summed E-state index contributed by atoms with van der Waals surface area (Å²) in [6.45, 7) is 7.65. The van der Waals surface area contributed by atoms with Gasteiger partial charge in [-0.05, 0) is 59.4 Å². The first-order valence-corrected chi connectivity index (χ1v) is 8.06. The molecule has 0 saturated carbocycles. The van der Waals surface area contributed by atoms with Crippen molar-refractivity contribution in [3.63, 3.8) is 0 Å². The van der Waals surface area contributed by atoms with Gasteiger partial charge < -0.3 is 5.32 Å². The predicted octanol–water partition coefficient (Wildman–Crippen LogP) is 5.46. The zero-order valence-corrected chi connectivity index (χ0v) is 13.8. The number of halogens is 2. The highest BCUT2D eigenvalue weighted by atomic mass is 79.9. The van der Waals surface area contributed by atoms with Gasteiger partial charge in [0.25, 0.3) is 0 Å². The monoisotopic (exact) mass is 329 g/mol. The fraction of sp³-hybridized carbons (Fsp3) is 0.625. The highest BCUT2D eigenvalue weighted by Gasteiger charge is 2.11. The maximum Gasteiger partial charge on any atom is 0.137 e.